The van der Waals surface area contributed by atoms with E-state index in [4.69, 9.17) is 9.47 Å². The Bertz CT molecular complexity index is 811. The summed E-state index contributed by atoms with van der Waals surface area (Å²) in [7, 11) is 3.03. The maximum atomic E-state index is 12.6. The first-order chi connectivity index (χ1) is 12.8. The second-order valence-electron chi connectivity index (χ2n) is 6.37. The van der Waals surface area contributed by atoms with Crippen LogP contribution in [0.25, 0.3) is 0 Å². The molecule has 27 heavy (non-hydrogen) atoms. The molecule has 0 aliphatic heterocycles. The van der Waals surface area contributed by atoms with Crippen LogP contribution in [0.15, 0.2) is 36.4 Å². The molecule has 2 N–H and O–H groups in total. The Hall–Kier alpha value is -3.02. The Kier molecular flexibility index (Phi) is 6.82. The lowest BCUT2D eigenvalue weighted by Gasteiger charge is -2.21. The molecule has 0 aliphatic carbocycles. The Morgan fingerprint density at radius 2 is 1.74 bits per heavy atom. The van der Waals surface area contributed by atoms with Crippen LogP contribution in [0.4, 0.5) is 0 Å². The zero-order valence-corrected chi connectivity index (χ0v) is 16.0. The molecule has 6 nitrogen and oxygen atoms in total. The number of carboxylic acids is 1. The van der Waals surface area contributed by atoms with Gasteiger partial charge in [-0.1, -0.05) is 18.2 Å². The molecule has 0 heterocycles. The van der Waals surface area contributed by atoms with Crippen molar-refractivity contribution in [1.29, 1.82) is 0 Å². The summed E-state index contributed by atoms with van der Waals surface area (Å²) in [5.74, 6) is -0.193. The highest BCUT2D eigenvalue weighted by atomic mass is 16.5. The first-order valence-corrected chi connectivity index (χ1v) is 8.63. The highest BCUT2D eigenvalue weighted by Crippen LogP contribution is 2.31. The fourth-order valence-electron chi connectivity index (χ4n) is 3.05. The first kappa shape index (κ1) is 20.3. The third-order valence-corrected chi connectivity index (χ3v) is 4.51. The molecule has 0 fully saturated rings. The van der Waals surface area contributed by atoms with Gasteiger partial charge in [-0.2, -0.15) is 0 Å². The van der Waals surface area contributed by atoms with Crippen LogP contribution in [-0.2, 0) is 16.0 Å². The third-order valence-electron chi connectivity index (χ3n) is 4.51. The van der Waals surface area contributed by atoms with Crippen molar-refractivity contribution in [1.82, 2.24) is 5.32 Å². The van der Waals surface area contributed by atoms with E-state index in [2.05, 4.69) is 5.32 Å². The minimum absolute atomic E-state index is 0.188. The SMILES string of the molecule is COc1ccc(C(CC(=O)O)NC(=O)Cc2c(C)cccc2C)c(OC)c1. The molecule has 1 amide bonds. The maximum Gasteiger partial charge on any atom is 0.305 e. The molecule has 6 heteroatoms. The summed E-state index contributed by atoms with van der Waals surface area (Å²) in [5.41, 5.74) is 3.60. The molecule has 0 saturated heterocycles. The van der Waals surface area contributed by atoms with Gasteiger partial charge in [0.15, 0.2) is 0 Å². The van der Waals surface area contributed by atoms with E-state index in [1.165, 1.54) is 14.2 Å². The number of hydrogen-bond donors (Lipinski definition) is 2. The number of nitrogens with one attached hydrogen (secondary N) is 1. The van der Waals surface area contributed by atoms with Crippen molar-refractivity contribution in [2.75, 3.05) is 14.2 Å². The highest BCUT2D eigenvalue weighted by molar-refractivity contribution is 5.81. The fourth-order valence-corrected chi connectivity index (χ4v) is 3.05. The van der Waals surface area contributed by atoms with Gasteiger partial charge in [-0.25, -0.2) is 0 Å². The molecule has 0 bridgehead atoms. The standard InChI is InChI=1S/C21H25NO5/c1-13-6-5-7-14(2)17(13)11-20(23)22-18(12-21(24)25)16-9-8-15(26-3)10-19(16)27-4/h5-10,18H,11-12H2,1-4H3,(H,22,23)(H,24,25). The van der Waals surface area contributed by atoms with Gasteiger partial charge in [-0.05, 0) is 42.7 Å². The van der Waals surface area contributed by atoms with Gasteiger partial charge in [0, 0.05) is 11.6 Å². The second kappa shape index (κ2) is 9.07. The van der Waals surface area contributed by atoms with Crippen LogP contribution in [0.5, 0.6) is 11.5 Å². The number of rotatable bonds is 8. The van der Waals surface area contributed by atoms with Crippen LogP contribution in [0.1, 0.15) is 34.7 Å². The Morgan fingerprint density at radius 3 is 2.30 bits per heavy atom. The molecule has 1 unspecified atom stereocenters. The molecular formula is C21H25NO5. The monoisotopic (exact) mass is 371 g/mol. The minimum Gasteiger partial charge on any atom is -0.497 e. The predicted molar refractivity (Wildman–Crippen MR) is 102 cm³/mol. The quantitative estimate of drug-likeness (QED) is 0.744. The molecule has 0 spiro atoms. The number of aliphatic carboxylic acids is 1. The normalized spacial score (nSPS) is 11.6. The number of benzene rings is 2. The molecule has 2 aromatic rings. The number of carbonyl (C=O) groups excluding carboxylic acids is 1. The van der Waals surface area contributed by atoms with Crippen LogP contribution >= 0.6 is 0 Å². The molecule has 2 rings (SSSR count). The first-order valence-electron chi connectivity index (χ1n) is 8.63. The van der Waals surface area contributed by atoms with Crippen LogP contribution < -0.4 is 14.8 Å². The van der Waals surface area contributed by atoms with Crippen molar-refractivity contribution in [2.45, 2.75) is 32.7 Å². The summed E-state index contributed by atoms with van der Waals surface area (Å²) in [6.07, 6.45) is -0.0612. The number of hydrogen-bond acceptors (Lipinski definition) is 4. The number of ether oxygens (including phenoxy) is 2. The Labute approximate surface area is 159 Å². The van der Waals surface area contributed by atoms with Gasteiger partial charge in [0.05, 0.1) is 33.1 Å². The van der Waals surface area contributed by atoms with Crippen molar-refractivity contribution < 1.29 is 24.2 Å². The van der Waals surface area contributed by atoms with E-state index in [-0.39, 0.29) is 18.7 Å². The largest absolute Gasteiger partial charge is 0.497 e. The van der Waals surface area contributed by atoms with Gasteiger partial charge in [0.1, 0.15) is 11.5 Å². The summed E-state index contributed by atoms with van der Waals surface area (Å²) in [4.78, 5) is 24.0. The molecule has 0 radical (unpaired) electrons. The zero-order chi connectivity index (χ0) is 20.0. The smallest absolute Gasteiger partial charge is 0.305 e. The average Bonchev–Trinajstić information content (AvgIpc) is 2.63. The van der Waals surface area contributed by atoms with Gasteiger partial charge in [-0.15, -0.1) is 0 Å². The van der Waals surface area contributed by atoms with Gasteiger partial charge in [0.2, 0.25) is 5.91 Å². The third kappa shape index (κ3) is 5.23. The number of carboxylic acid groups (broad SMARTS) is 1. The predicted octanol–water partition coefficient (Wildman–Crippen LogP) is 3.20. The number of methoxy groups -OCH3 is 2. The maximum absolute atomic E-state index is 12.6. The van der Waals surface area contributed by atoms with E-state index in [0.29, 0.717) is 17.1 Å². The van der Waals surface area contributed by atoms with E-state index >= 15 is 0 Å². The van der Waals surface area contributed by atoms with E-state index in [1.807, 2.05) is 32.0 Å². The van der Waals surface area contributed by atoms with Crippen LogP contribution in [0, 0.1) is 13.8 Å². The van der Waals surface area contributed by atoms with Crippen molar-refractivity contribution in [2.24, 2.45) is 0 Å². The van der Waals surface area contributed by atoms with Crippen LogP contribution in [0.2, 0.25) is 0 Å². The van der Waals surface area contributed by atoms with Gasteiger partial charge in [-0.3, -0.25) is 9.59 Å². The van der Waals surface area contributed by atoms with Crippen molar-refractivity contribution in [3.05, 3.63) is 58.7 Å². The lowest BCUT2D eigenvalue weighted by Crippen LogP contribution is -2.32. The van der Waals surface area contributed by atoms with Gasteiger partial charge < -0.3 is 19.9 Å². The number of carbonyl (C=O) groups is 2. The summed E-state index contributed by atoms with van der Waals surface area (Å²) < 4.78 is 10.5. The topological polar surface area (TPSA) is 84.9 Å². The summed E-state index contributed by atoms with van der Waals surface area (Å²) >= 11 is 0. The van der Waals surface area contributed by atoms with Crippen molar-refractivity contribution >= 4 is 11.9 Å². The Morgan fingerprint density at radius 1 is 1.07 bits per heavy atom. The van der Waals surface area contributed by atoms with E-state index in [1.54, 1.807) is 18.2 Å². The van der Waals surface area contributed by atoms with E-state index in [0.717, 1.165) is 16.7 Å². The fraction of sp³-hybridized carbons (Fsp3) is 0.333. The lowest BCUT2D eigenvalue weighted by molar-refractivity contribution is -0.137. The van der Waals surface area contributed by atoms with Gasteiger partial charge in [0.25, 0.3) is 0 Å². The zero-order valence-electron chi connectivity index (χ0n) is 16.0. The van der Waals surface area contributed by atoms with Crippen molar-refractivity contribution in [3.63, 3.8) is 0 Å². The van der Waals surface area contributed by atoms with Gasteiger partial charge >= 0.3 is 5.97 Å². The molecule has 0 saturated carbocycles. The molecule has 2 aromatic carbocycles. The van der Waals surface area contributed by atoms with E-state index < -0.39 is 12.0 Å². The number of amides is 1. The van der Waals surface area contributed by atoms with E-state index in [9.17, 15) is 14.7 Å². The number of aryl methyl sites for hydroxylation is 2. The molecule has 0 aliphatic rings. The molecular weight excluding hydrogens is 346 g/mol. The summed E-state index contributed by atoms with van der Waals surface area (Å²) in [6, 6.07) is 10.2. The molecule has 1 atom stereocenters. The summed E-state index contributed by atoms with van der Waals surface area (Å²) in [5, 5.41) is 12.1. The highest BCUT2D eigenvalue weighted by Gasteiger charge is 2.22. The van der Waals surface area contributed by atoms with Crippen LogP contribution in [0.3, 0.4) is 0 Å². The Balaban J connectivity index is 2.27. The molecule has 0 aromatic heterocycles. The average molecular weight is 371 g/mol. The summed E-state index contributed by atoms with van der Waals surface area (Å²) in [6.45, 7) is 3.91. The minimum atomic E-state index is -1.01. The van der Waals surface area contributed by atoms with Crippen LogP contribution in [-0.4, -0.2) is 31.2 Å². The molecule has 144 valence electrons. The van der Waals surface area contributed by atoms with Crippen molar-refractivity contribution in [3.8, 4) is 11.5 Å². The second-order valence-corrected chi connectivity index (χ2v) is 6.37. The lowest BCUT2D eigenvalue weighted by atomic mass is 9.98.